The lowest BCUT2D eigenvalue weighted by molar-refractivity contribution is -0.141. The second-order valence-corrected chi connectivity index (χ2v) is 5.52. The van der Waals surface area contributed by atoms with Crippen LogP contribution >= 0.6 is 23.1 Å². The molecule has 0 radical (unpaired) electrons. The number of carboxylic acid groups (broad SMARTS) is 1. The molecule has 17 heavy (non-hydrogen) atoms. The van der Waals surface area contributed by atoms with Gasteiger partial charge in [-0.05, 0) is 17.5 Å². The molecule has 1 N–H and O–H groups in total. The van der Waals surface area contributed by atoms with Crippen molar-refractivity contribution in [3.8, 4) is 0 Å². The van der Waals surface area contributed by atoms with Crippen molar-refractivity contribution >= 4 is 41.1 Å². The predicted molar refractivity (Wildman–Crippen MR) is 66.2 cm³/mol. The monoisotopic (exact) mass is 265 g/mol. The standard InChI is InChI=1S/C11H7NO3S2/c13-9-7(4-6-2-1-3-16-6)10-12(9)8(5-17-10)11(14)15/h1-5,10H,(H,14,15)/b7-4+/t10-/m1/s1. The van der Waals surface area contributed by atoms with Crippen molar-refractivity contribution in [2.24, 2.45) is 0 Å². The lowest BCUT2D eigenvalue weighted by atomic mass is 10.0. The normalized spacial score (nSPS) is 24.6. The Morgan fingerprint density at radius 1 is 1.53 bits per heavy atom. The van der Waals surface area contributed by atoms with E-state index in [2.05, 4.69) is 0 Å². The highest BCUT2D eigenvalue weighted by molar-refractivity contribution is 8.03. The number of carboxylic acids is 1. The zero-order chi connectivity index (χ0) is 12.0. The van der Waals surface area contributed by atoms with Gasteiger partial charge in [0.2, 0.25) is 0 Å². The van der Waals surface area contributed by atoms with Crippen LogP contribution in [0.4, 0.5) is 0 Å². The topological polar surface area (TPSA) is 57.6 Å². The Morgan fingerprint density at radius 2 is 2.35 bits per heavy atom. The summed E-state index contributed by atoms with van der Waals surface area (Å²) in [4.78, 5) is 25.0. The number of carbonyl (C=O) groups is 2. The van der Waals surface area contributed by atoms with E-state index in [9.17, 15) is 9.59 Å². The summed E-state index contributed by atoms with van der Waals surface area (Å²) in [6.45, 7) is 0. The number of carbonyl (C=O) groups excluding carboxylic acids is 1. The number of rotatable bonds is 2. The highest BCUT2D eigenvalue weighted by atomic mass is 32.2. The first-order chi connectivity index (χ1) is 8.18. The molecule has 3 heterocycles. The van der Waals surface area contributed by atoms with Gasteiger partial charge < -0.3 is 5.11 Å². The molecule has 1 amide bonds. The third-order valence-electron chi connectivity index (χ3n) is 2.59. The lowest BCUT2D eigenvalue weighted by Crippen LogP contribution is -2.51. The molecule has 1 aromatic rings. The number of hydrogen-bond acceptors (Lipinski definition) is 4. The van der Waals surface area contributed by atoms with Crippen molar-refractivity contribution in [1.29, 1.82) is 0 Å². The first-order valence-corrected chi connectivity index (χ1v) is 6.68. The van der Waals surface area contributed by atoms with Gasteiger partial charge in [0.1, 0.15) is 11.1 Å². The zero-order valence-electron chi connectivity index (χ0n) is 8.49. The molecule has 1 aromatic heterocycles. The van der Waals surface area contributed by atoms with E-state index in [0.717, 1.165) is 4.88 Å². The minimum atomic E-state index is -1.05. The van der Waals surface area contributed by atoms with Crippen molar-refractivity contribution in [2.45, 2.75) is 5.37 Å². The summed E-state index contributed by atoms with van der Waals surface area (Å²) in [5, 5.41) is 12.2. The zero-order valence-corrected chi connectivity index (χ0v) is 10.1. The van der Waals surface area contributed by atoms with Crippen LogP contribution in [-0.2, 0) is 9.59 Å². The Labute approximate surface area is 105 Å². The molecule has 3 rings (SSSR count). The van der Waals surface area contributed by atoms with Crippen LogP contribution in [0.15, 0.2) is 34.2 Å². The van der Waals surface area contributed by atoms with E-state index in [-0.39, 0.29) is 17.0 Å². The summed E-state index contributed by atoms with van der Waals surface area (Å²) < 4.78 is 0. The number of aliphatic carboxylic acids is 1. The molecule has 1 fully saturated rings. The summed E-state index contributed by atoms with van der Waals surface area (Å²) >= 11 is 2.91. The van der Waals surface area contributed by atoms with Crippen LogP contribution in [0.25, 0.3) is 6.08 Å². The highest BCUT2D eigenvalue weighted by Gasteiger charge is 2.49. The molecule has 0 aromatic carbocycles. The van der Waals surface area contributed by atoms with Crippen LogP contribution in [0, 0.1) is 0 Å². The highest BCUT2D eigenvalue weighted by Crippen LogP contribution is 2.45. The van der Waals surface area contributed by atoms with Crippen LogP contribution < -0.4 is 0 Å². The first-order valence-electron chi connectivity index (χ1n) is 4.86. The Morgan fingerprint density at radius 3 is 3.00 bits per heavy atom. The summed E-state index contributed by atoms with van der Waals surface area (Å²) in [7, 11) is 0. The number of β-lactam (4-membered cyclic amide) rings is 1. The van der Waals surface area contributed by atoms with E-state index in [1.807, 2.05) is 23.6 Å². The summed E-state index contributed by atoms with van der Waals surface area (Å²) in [5.41, 5.74) is 0.748. The summed E-state index contributed by atoms with van der Waals surface area (Å²) in [6, 6.07) is 3.85. The Kier molecular flexibility index (Phi) is 2.34. The van der Waals surface area contributed by atoms with Gasteiger partial charge in [0.15, 0.2) is 0 Å². The van der Waals surface area contributed by atoms with Crippen LogP contribution in [0.3, 0.4) is 0 Å². The lowest BCUT2D eigenvalue weighted by Gasteiger charge is -2.37. The molecule has 1 saturated heterocycles. The fourth-order valence-corrected chi connectivity index (χ4v) is 3.58. The third kappa shape index (κ3) is 1.52. The van der Waals surface area contributed by atoms with Gasteiger partial charge in [0.25, 0.3) is 5.91 Å². The molecule has 2 aliphatic rings. The largest absolute Gasteiger partial charge is 0.477 e. The molecule has 6 heteroatoms. The van der Waals surface area contributed by atoms with Crippen LogP contribution in [0.2, 0.25) is 0 Å². The van der Waals surface area contributed by atoms with Crippen molar-refractivity contribution in [2.75, 3.05) is 0 Å². The molecule has 2 aliphatic heterocycles. The van der Waals surface area contributed by atoms with E-state index in [4.69, 9.17) is 5.11 Å². The van der Waals surface area contributed by atoms with Crippen molar-refractivity contribution < 1.29 is 14.7 Å². The average Bonchev–Trinajstić information content (AvgIpc) is 2.93. The number of amides is 1. The maximum absolute atomic E-state index is 11.8. The molecule has 0 aliphatic carbocycles. The Balaban J connectivity index is 1.87. The summed E-state index contributed by atoms with van der Waals surface area (Å²) in [5.74, 6) is -1.26. The van der Waals surface area contributed by atoms with E-state index in [0.29, 0.717) is 5.57 Å². The second-order valence-electron chi connectivity index (χ2n) is 3.59. The minimum Gasteiger partial charge on any atom is -0.477 e. The fourth-order valence-electron chi connectivity index (χ4n) is 1.79. The summed E-state index contributed by atoms with van der Waals surface area (Å²) in [6.07, 6.45) is 1.83. The SMILES string of the molecule is O=C(O)C1=CS[C@@H]2/C(=C/c3cccs3)C(=O)N12. The third-order valence-corrected chi connectivity index (χ3v) is 4.50. The molecule has 0 bridgehead atoms. The van der Waals surface area contributed by atoms with E-state index >= 15 is 0 Å². The molecule has 4 nitrogen and oxygen atoms in total. The number of nitrogens with zero attached hydrogens (tertiary/aromatic N) is 1. The maximum Gasteiger partial charge on any atom is 0.353 e. The van der Waals surface area contributed by atoms with Crippen molar-refractivity contribution in [3.63, 3.8) is 0 Å². The fraction of sp³-hybridized carbons (Fsp3) is 0.0909. The minimum absolute atomic E-state index is 0.0772. The van der Waals surface area contributed by atoms with E-state index in [1.54, 1.807) is 11.3 Å². The van der Waals surface area contributed by atoms with Crippen LogP contribution in [0.1, 0.15) is 4.88 Å². The Hall–Kier alpha value is -1.53. The first kappa shape index (κ1) is 10.6. The van der Waals surface area contributed by atoms with Crippen molar-refractivity contribution in [1.82, 2.24) is 4.90 Å². The van der Waals surface area contributed by atoms with Gasteiger partial charge in [-0.25, -0.2) is 4.79 Å². The Bertz CT molecular complexity index is 559. The maximum atomic E-state index is 11.8. The van der Waals surface area contributed by atoms with Gasteiger partial charge in [-0.1, -0.05) is 6.07 Å². The van der Waals surface area contributed by atoms with Gasteiger partial charge in [-0.3, -0.25) is 9.69 Å². The second kappa shape index (κ2) is 3.75. The van der Waals surface area contributed by atoms with Gasteiger partial charge in [-0.15, -0.1) is 23.1 Å². The quantitative estimate of drug-likeness (QED) is 0.656. The number of thioether (sulfide) groups is 1. The molecule has 0 saturated carbocycles. The smallest absolute Gasteiger partial charge is 0.353 e. The van der Waals surface area contributed by atoms with Crippen LogP contribution in [0.5, 0.6) is 0 Å². The average molecular weight is 265 g/mol. The molecule has 86 valence electrons. The number of thiophene rings is 1. The number of hydrogen-bond donors (Lipinski definition) is 1. The van der Waals surface area contributed by atoms with Crippen LogP contribution in [-0.4, -0.2) is 27.3 Å². The number of fused-ring (bicyclic) bond motifs is 1. The van der Waals surface area contributed by atoms with Gasteiger partial charge in [-0.2, -0.15) is 0 Å². The van der Waals surface area contributed by atoms with Crippen molar-refractivity contribution in [3.05, 3.63) is 39.1 Å². The van der Waals surface area contributed by atoms with Gasteiger partial charge in [0.05, 0.1) is 5.57 Å². The van der Waals surface area contributed by atoms with Gasteiger partial charge in [0, 0.05) is 10.3 Å². The van der Waals surface area contributed by atoms with E-state index in [1.165, 1.54) is 22.1 Å². The molecule has 0 spiro atoms. The molecular formula is C11H7NO3S2. The molecule has 1 atom stereocenters. The molecule has 0 unspecified atom stereocenters. The predicted octanol–water partition coefficient (Wildman–Crippen LogP) is 1.97. The molecular weight excluding hydrogens is 258 g/mol. The van der Waals surface area contributed by atoms with Gasteiger partial charge >= 0.3 is 5.97 Å². The van der Waals surface area contributed by atoms with E-state index < -0.39 is 5.97 Å².